The number of nitrogens with zero attached hydrogens (tertiary/aromatic N) is 3. The first-order valence-corrected chi connectivity index (χ1v) is 15.6. The summed E-state index contributed by atoms with van der Waals surface area (Å²) in [4.78, 5) is 10.0. The molecule has 0 unspecified atom stereocenters. The van der Waals surface area contributed by atoms with Gasteiger partial charge < -0.3 is 5.11 Å². The molecule has 0 radical (unpaired) electrons. The number of hydrogen-bond acceptors (Lipinski definition) is 3. The molecule has 0 amide bonds. The molecule has 0 aliphatic rings. The van der Waals surface area contributed by atoms with E-state index in [1.165, 1.54) is 10.8 Å². The van der Waals surface area contributed by atoms with E-state index in [1.807, 2.05) is 30.5 Å². The van der Waals surface area contributed by atoms with Gasteiger partial charge in [-0.1, -0.05) is 87.5 Å². The van der Waals surface area contributed by atoms with Gasteiger partial charge in [0, 0.05) is 28.1 Å². The lowest BCUT2D eigenvalue weighted by Crippen LogP contribution is -2.10. The maximum atomic E-state index is 11.2. The summed E-state index contributed by atoms with van der Waals surface area (Å²) < 4.78 is 2.14. The fourth-order valence-electron chi connectivity index (χ4n) is 6.44. The zero-order valence-corrected chi connectivity index (χ0v) is 26.1. The molecule has 8 rings (SSSR count). The van der Waals surface area contributed by atoms with Crippen LogP contribution in [0.2, 0.25) is 0 Å². The lowest BCUT2D eigenvalue weighted by molar-refractivity contribution is 0.476. The van der Waals surface area contributed by atoms with Crippen molar-refractivity contribution in [1.82, 2.24) is 14.5 Å². The summed E-state index contributed by atoms with van der Waals surface area (Å²) in [5.74, 6) is 1.06. The molecule has 0 fully saturated rings. The molecule has 0 aliphatic heterocycles. The fourth-order valence-corrected chi connectivity index (χ4v) is 6.44. The topological polar surface area (TPSA) is 50.9 Å². The Balaban J connectivity index is 1.35. The summed E-state index contributed by atoms with van der Waals surface area (Å²) in [6.07, 6.45) is 1.83. The van der Waals surface area contributed by atoms with Gasteiger partial charge in [0.15, 0.2) is 0 Å². The van der Waals surface area contributed by atoms with Gasteiger partial charge in [-0.15, -0.1) is 0 Å². The van der Waals surface area contributed by atoms with Crippen molar-refractivity contribution in [2.24, 2.45) is 0 Å². The first kappa shape index (κ1) is 27.8. The average molecular weight is 596 g/mol. The van der Waals surface area contributed by atoms with Crippen LogP contribution in [0.5, 0.6) is 5.75 Å². The van der Waals surface area contributed by atoms with Crippen LogP contribution in [0.25, 0.3) is 72.0 Å². The molecule has 222 valence electrons. The number of hydrogen-bond donors (Lipinski definition) is 1. The van der Waals surface area contributed by atoms with Gasteiger partial charge in [-0.3, -0.25) is 4.57 Å². The number of para-hydroxylation sites is 1. The van der Waals surface area contributed by atoms with Crippen molar-refractivity contribution in [3.05, 3.63) is 145 Å². The Kier molecular flexibility index (Phi) is 6.47. The van der Waals surface area contributed by atoms with Gasteiger partial charge in [0.1, 0.15) is 17.2 Å². The highest BCUT2D eigenvalue weighted by atomic mass is 16.3. The minimum Gasteiger partial charge on any atom is -0.507 e. The van der Waals surface area contributed by atoms with Gasteiger partial charge in [-0.25, -0.2) is 9.97 Å². The normalized spacial score (nSPS) is 11.9. The van der Waals surface area contributed by atoms with Gasteiger partial charge >= 0.3 is 0 Å². The number of phenolic OH excluding ortho intramolecular Hbond substituents is 1. The highest BCUT2D eigenvalue weighted by Crippen LogP contribution is 2.39. The molecule has 0 aliphatic carbocycles. The predicted octanol–water partition coefficient (Wildman–Crippen LogP) is 10.7. The number of aromatic hydroxyl groups is 1. The van der Waals surface area contributed by atoms with Crippen LogP contribution in [0.1, 0.15) is 26.3 Å². The molecule has 3 heterocycles. The number of rotatable bonds is 4. The molecule has 0 spiro atoms. The summed E-state index contributed by atoms with van der Waals surface area (Å²) >= 11 is 0. The number of phenols is 1. The second kappa shape index (κ2) is 10.7. The zero-order valence-electron chi connectivity index (χ0n) is 26.1. The second-order valence-corrected chi connectivity index (χ2v) is 13.0. The van der Waals surface area contributed by atoms with E-state index >= 15 is 0 Å². The van der Waals surface area contributed by atoms with E-state index in [4.69, 9.17) is 9.97 Å². The maximum Gasteiger partial charge on any atom is 0.146 e. The summed E-state index contributed by atoms with van der Waals surface area (Å²) in [5.41, 5.74) is 8.77. The lowest BCUT2D eigenvalue weighted by atomic mass is 9.84. The Morgan fingerprint density at radius 3 is 2.22 bits per heavy atom. The van der Waals surface area contributed by atoms with Crippen molar-refractivity contribution < 1.29 is 5.11 Å². The van der Waals surface area contributed by atoms with Gasteiger partial charge in [-0.2, -0.15) is 0 Å². The standard InChI is InChI=1S/C42H33N3O/c1-42(2,3)33-19-20-39(46)36(26-33)31-23-30(29-18-17-27-10-4-5-11-28(27)22-29)24-32(25-31)37-14-8-16-40(44-37)45-38-15-7-6-12-34(38)35-13-9-21-43-41(35)45/h4-26,46H,1-3H3. The van der Waals surface area contributed by atoms with E-state index in [0.29, 0.717) is 0 Å². The van der Waals surface area contributed by atoms with Crippen molar-refractivity contribution >= 4 is 32.7 Å². The molecule has 0 saturated carbocycles. The molecule has 3 aromatic heterocycles. The number of fused-ring (bicyclic) bond motifs is 4. The van der Waals surface area contributed by atoms with Gasteiger partial charge in [0.25, 0.3) is 0 Å². The molecular weight excluding hydrogens is 562 g/mol. The Morgan fingerprint density at radius 1 is 0.587 bits per heavy atom. The molecule has 0 atom stereocenters. The molecule has 0 bridgehead atoms. The van der Waals surface area contributed by atoms with Crippen LogP contribution in [0.15, 0.2) is 140 Å². The second-order valence-electron chi connectivity index (χ2n) is 13.0. The summed E-state index contributed by atoms with van der Waals surface area (Å²) in [7, 11) is 0. The van der Waals surface area contributed by atoms with Gasteiger partial charge in [0.05, 0.1) is 11.2 Å². The zero-order chi connectivity index (χ0) is 31.4. The van der Waals surface area contributed by atoms with E-state index in [0.717, 1.165) is 66.8 Å². The Labute approximate surface area is 268 Å². The fraction of sp³-hybridized carbons (Fsp3) is 0.0952. The third-order valence-electron chi connectivity index (χ3n) is 8.88. The Hall–Kier alpha value is -5.74. The van der Waals surface area contributed by atoms with Crippen molar-refractivity contribution in [2.45, 2.75) is 26.2 Å². The van der Waals surface area contributed by atoms with Crippen LogP contribution < -0.4 is 0 Å². The quantitative estimate of drug-likeness (QED) is 0.220. The van der Waals surface area contributed by atoms with Crippen molar-refractivity contribution in [3.8, 4) is 45.1 Å². The average Bonchev–Trinajstić information content (AvgIpc) is 3.42. The highest BCUT2D eigenvalue weighted by Gasteiger charge is 2.19. The third kappa shape index (κ3) is 4.79. The van der Waals surface area contributed by atoms with Crippen LogP contribution >= 0.6 is 0 Å². The molecule has 4 heteroatoms. The first-order valence-electron chi connectivity index (χ1n) is 15.6. The van der Waals surface area contributed by atoms with Crippen molar-refractivity contribution in [2.75, 3.05) is 0 Å². The molecule has 1 N–H and O–H groups in total. The van der Waals surface area contributed by atoms with Crippen LogP contribution in [-0.2, 0) is 5.41 Å². The number of aromatic nitrogens is 3. The lowest BCUT2D eigenvalue weighted by Gasteiger charge is -2.21. The van der Waals surface area contributed by atoms with Crippen molar-refractivity contribution in [3.63, 3.8) is 0 Å². The first-order chi connectivity index (χ1) is 22.3. The molecule has 46 heavy (non-hydrogen) atoms. The van der Waals surface area contributed by atoms with E-state index in [1.54, 1.807) is 0 Å². The smallest absolute Gasteiger partial charge is 0.146 e. The van der Waals surface area contributed by atoms with Gasteiger partial charge in [-0.05, 0) is 105 Å². The Bertz CT molecular complexity index is 2380. The van der Waals surface area contributed by atoms with Crippen molar-refractivity contribution in [1.29, 1.82) is 0 Å². The van der Waals surface area contributed by atoms with Gasteiger partial charge in [0.2, 0.25) is 0 Å². The summed E-state index contributed by atoms with van der Waals surface area (Å²) in [6.45, 7) is 6.58. The summed E-state index contributed by atoms with van der Waals surface area (Å²) in [5, 5.41) is 15.8. The third-order valence-corrected chi connectivity index (χ3v) is 8.88. The van der Waals surface area contributed by atoms with Crippen LogP contribution in [0.4, 0.5) is 0 Å². The predicted molar refractivity (Wildman–Crippen MR) is 191 cm³/mol. The molecule has 8 aromatic rings. The highest BCUT2D eigenvalue weighted by molar-refractivity contribution is 6.07. The summed E-state index contributed by atoms with van der Waals surface area (Å²) in [6, 6.07) is 46.1. The monoisotopic (exact) mass is 595 g/mol. The molecule has 0 saturated heterocycles. The Morgan fingerprint density at radius 2 is 1.35 bits per heavy atom. The van der Waals surface area contributed by atoms with Crippen LogP contribution in [-0.4, -0.2) is 19.6 Å². The van der Waals surface area contributed by atoms with E-state index in [-0.39, 0.29) is 11.2 Å². The SMILES string of the molecule is CC(C)(C)c1ccc(O)c(-c2cc(-c3ccc4ccccc4c3)cc(-c3cccc(-n4c5ccccc5c5cccnc54)n3)c2)c1. The maximum absolute atomic E-state index is 11.2. The largest absolute Gasteiger partial charge is 0.507 e. The molecule has 4 nitrogen and oxygen atoms in total. The van der Waals surface area contributed by atoms with E-state index in [9.17, 15) is 5.11 Å². The molecule has 5 aromatic carbocycles. The minimum absolute atomic E-state index is 0.0620. The van der Waals surface area contributed by atoms with Crippen LogP contribution in [0, 0.1) is 0 Å². The van der Waals surface area contributed by atoms with E-state index in [2.05, 4.69) is 135 Å². The molecular formula is C42H33N3O. The number of benzene rings is 5. The minimum atomic E-state index is -0.0620. The van der Waals surface area contributed by atoms with Crippen LogP contribution in [0.3, 0.4) is 0 Å². The number of pyridine rings is 2. The van der Waals surface area contributed by atoms with E-state index < -0.39 is 0 Å².